The van der Waals surface area contributed by atoms with E-state index in [1.54, 1.807) is 0 Å². The molecular weight excluding hydrogens is 372 g/mol. The quantitative estimate of drug-likeness (QED) is 0.646. The largest absolute Gasteiger partial charge is 0.444 e. The molecule has 2 aromatic rings. The number of carbonyl (C=O) groups excluding carboxylic acids is 1. The molecule has 4 nitrogen and oxygen atoms in total. The van der Waals surface area contributed by atoms with Gasteiger partial charge in [0.25, 0.3) is 0 Å². The second-order valence-corrected chi connectivity index (χ2v) is 10.1. The van der Waals surface area contributed by atoms with Crippen molar-refractivity contribution in [2.45, 2.75) is 65.8 Å². The van der Waals surface area contributed by atoms with Gasteiger partial charge in [0.15, 0.2) is 0 Å². The monoisotopic (exact) mass is 408 g/mol. The Hall–Kier alpha value is -2.33. The summed E-state index contributed by atoms with van der Waals surface area (Å²) in [7, 11) is 0. The maximum atomic E-state index is 12.2. The minimum absolute atomic E-state index is 0.0303. The van der Waals surface area contributed by atoms with Crippen LogP contribution in [0.5, 0.6) is 0 Å². The van der Waals surface area contributed by atoms with Gasteiger partial charge in [-0.15, -0.1) is 0 Å². The van der Waals surface area contributed by atoms with E-state index < -0.39 is 5.60 Å². The van der Waals surface area contributed by atoms with Gasteiger partial charge in [0.1, 0.15) is 5.60 Å². The Bertz CT molecular complexity index is 770. The second-order valence-electron chi connectivity index (χ2n) is 10.1. The van der Waals surface area contributed by atoms with E-state index >= 15 is 0 Å². The maximum Gasteiger partial charge on any atom is 0.407 e. The topological polar surface area (TPSA) is 41.6 Å². The van der Waals surface area contributed by atoms with Crippen LogP contribution >= 0.6 is 0 Å². The van der Waals surface area contributed by atoms with E-state index in [2.05, 4.69) is 84.7 Å². The molecule has 162 valence electrons. The molecule has 4 heteroatoms. The molecule has 1 aliphatic carbocycles. The molecule has 2 atom stereocenters. The van der Waals surface area contributed by atoms with Gasteiger partial charge >= 0.3 is 6.09 Å². The van der Waals surface area contributed by atoms with E-state index in [1.165, 1.54) is 11.1 Å². The van der Waals surface area contributed by atoms with Crippen molar-refractivity contribution in [3.63, 3.8) is 0 Å². The zero-order chi connectivity index (χ0) is 21.8. The predicted octanol–water partition coefficient (Wildman–Crippen LogP) is 5.63. The van der Waals surface area contributed by atoms with Gasteiger partial charge in [0.2, 0.25) is 0 Å². The summed E-state index contributed by atoms with van der Waals surface area (Å²) in [5.41, 5.74) is 2.21. The molecule has 0 saturated heterocycles. The molecule has 0 aromatic heterocycles. The lowest BCUT2D eigenvalue weighted by molar-refractivity contribution is -0.0212. The van der Waals surface area contributed by atoms with Crippen LogP contribution in [0.15, 0.2) is 60.7 Å². The SMILES string of the molecule is CC(C)(C)OC(=O)N[C@H]1C[C@@H](CN(Cc2ccccc2)Cc2ccccc2)C1(C)C. The highest BCUT2D eigenvalue weighted by Gasteiger charge is 2.49. The molecule has 0 unspecified atom stereocenters. The van der Waals surface area contributed by atoms with Crippen LogP contribution in [0, 0.1) is 11.3 Å². The minimum atomic E-state index is -0.473. The van der Waals surface area contributed by atoms with Crippen molar-refractivity contribution in [1.29, 1.82) is 0 Å². The summed E-state index contributed by atoms with van der Waals surface area (Å²) in [4.78, 5) is 14.7. The van der Waals surface area contributed by atoms with Gasteiger partial charge in [0.05, 0.1) is 0 Å². The minimum Gasteiger partial charge on any atom is -0.444 e. The first-order valence-electron chi connectivity index (χ1n) is 10.9. The summed E-state index contributed by atoms with van der Waals surface area (Å²) in [6.07, 6.45) is 0.663. The third-order valence-electron chi connectivity index (χ3n) is 6.14. The maximum absolute atomic E-state index is 12.2. The van der Waals surface area contributed by atoms with Crippen LogP contribution in [0.25, 0.3) is 0 Å². The van der Waals surface area contributed by atoms with E-state index in [4.69, 9.17) is 4.74 Å². The lowest BCUT2D eigenvalue weighted by Gasteiger charge is -2.53. The van der Waals surface area contributed by atoms with Crippen molar-refractivity contribution < 1.29 is 9.53 Å². The van der Waals surface area contributed by atoms with E-state index in [0.29, 0.717) is 5.92 Å². The Morgan fingerprint density at radius 2 is 1.50 bits per heavy atom. The van der Waals surface area contributed by atoms with E-state index in [1.807, 2.05) is 20.8 Å². The van der Waals surface area contributed by atoms with Crippen molar-refractivity contribution >= 4 is 6.09 Å². The average Bonchev–Trinajstić information content (AvgIpc) is 2.67. The Morgan fingerprint density at radius 3 is 1.93 bits per heavy atom. The number of rotatable bonds is 7. The highest BCUT2D eigenvalue weighted by Crippen LogP contribution is 2.47. The van der Waals surface area contributed by atoms with Crippen LogP contribution in [0.3, 0.4) is 0 Å². The number of carbonyl (C=O) groups is 1. The lowest BCUT2D eigenvalue weighted by Crippen LogP contribution is -2.61. The first-order valence-corrected chi connectivity index (χ1v) is 10.9. The summed E-state index contributed by atoms with van der Waals surface area (Å²) >= 11 is 0. The van der Waals surface area contributed by atoms with E-state index in [0.717, 1.165) is 26.1 Å². The molecule has 0 bridgehead atoms. The number of nitrogens with zero attached hydrogens (tertiary/aromatic N) is 1. The number of hydrogen-bond donors (Lipinski definition) is 1. The third-order valence-corrected chi connectivity index (χ3v) is 6.14. The van der Waals surface area contributed by atoms with Crippen LogP contribution in [0.1, 0.15) is 52.2 Å². The molecule has 0 radical (unpaired) electrons. The first-order chi connectivity index (χ1) is 14.1. The zero-order valence-corrected chi connectivity index (χ0v) is 19.0. The molecule has 1 amide bonds. The Balaban J connectivity index is 1.63. The van der Waals surface area contributed by atoms with Gasteiger partial charge in [-0.2, -0.15) is 0 Å². The lowest BCUT2D eigenvalue weighted by atomic mass is 9.58. The standard InChI is InChI=1S/C26H36N2O2/c1-25(2,3)30-24(29)27-23-16-22(26(23,4)5)19-28(17-20-12-8-6-9-13-20)18-21-14-10-7-11-15-21/h6-15,22-23H,16-19H2,1-5H3,(H,27,29)/t22-,23-/m0/s1. The molecule has 0 heterocycles. The smallest absolute Gasteiger partial charge is 0.407 e. The summed E-state index contributed by atoms with van der Waals surface area (Å²) in [5.74, 6) is 0.518. The van der Waals surface area contributed by atoms with Crippen molar-refractivity contribution in [1.82, 2.24) is 10.2 Å². The summed E-state index contributed by atoms with van der Waals surface area (Å²) < 4.78 is 5.45. The molecule has 0 spiro atoms. The molecule has 2 aromatic carbocycles. The van der Waals surface area contributed by atoms with Crippen LogP contribution in [-0.4, -0.2) is 29.2 Å². The van der Waals surface area contributed by atoms with Crippen LogP contribution in [0.4, 0.5) is 4.79 Å². The summed E-state index contributed by atoms with van der Waals surface area (Å²) in [5, 5.41) is 3.09. The zero-order valence-electron chi connectivity index (χ0n) is 19.0. The van der Waals surface area contributed by atoms with Gasteiger partial charge < -0.3 is 10.1 Å². The highest BCUT2D eigenvalue weighted by molar-refractivity contribution is 5.68. The fraction of sp³-hybridized carbons (Fsp3) is 0.500. The number of nitrogens with one attached hydrogen (secondary N) is 1. The molecule has 1 saturated carbocycles. The van der Waals surface area contributed by atoms with E-state index in [-0.39, 0.29) is 17.6 Å². The number of amides is 1. The summed E-state index contributed by atoms with van der Waals surface area (Å²) in [6, 6.07) is 21.4. The van der Waals surface area contributed by atoms with Crippen LogP contribution in [0.2, 0.25) is 0 Å². The van der Waals surface area contributed by atoms with Crippen molar-refractivity contribution in [2.75, 3.05) is 6.54 Å². The first kappa shape index (κ1) is 22.4. The average molecular weight is 409 g/mol. The third kappa shape index (κ3) is 6.09. The Kier molecular flexibility index (Phi) is 6.87. The molecule has 1 N–H and O–H groups in total. The van der Waals surface area contributed by atoms with E-state index in [9.17, 15) is 4.79 Å². The van der Waals surface area contributed by atoms with Crippen LogP contribution in [-0.2, 0) is 17.8 Å². The van der Waals surface area contributed by atoms with Crippen LogP contribution < -0.4 is 5.32 Å². The van der Waals surface area contributed by atoms with Gasteiger partial charge in [-0.25, -0.2) is 4.79 Å². The second kappa shape index (κ2) is 9.22. The summed E-state index contributed by atoms with van der Waals surface area (Å²) in [6.45, 7) is 13.0. The van der Waals surface area contributed by atoms with Crippen molar-refractivity contribution in [2.24, 2.45) is 11.3 Å². The van der Waals surface area contributed by atoms with Crippen molar-refractivity contribution in [3.8, 4) is 0 Å². The Labute approximate surface area is 181 Å². The number of benzene rings is 2. The van der Waals surface area contributed by atoms with Gasteiger partial charge in [-0.1, -0.05) is 74.5 Å². The molecular formula is C26H36N2O2. The fourth-order valence-electron chi connectivity index (χ4n) is 4.20. The van der Waals surface area contributed by atoms with Gasteiger partial charge in [-0.3, -0.25) is 4.90 Å². The Morgan fingerprint density at radius 1 is 1.00 bits per heavy atom. The number of ether oxygens (including phenoxy) is 1. The number of hydrogen-bond acceptors (Lipinski definition) is 3. The molecule has 0 aliphatic heterocycles. The van der Waals surface area contributed by atoms with Gasteiger partial charge in [0, 0.05) is 25.7 Å². The van der Waals surface area contributed by atoms with Crippen molar-refractivity contribution in [3.05, 3.63) is 71.8 Å². The molecule has 3 rings (SSSR count). The molecule has 1 aliphatic rings. The van der Waals surface area contributed by atoms with Gasteiger partial charge in [-0.05, 0) is 49.7 Å². The predicted molar refractivity (Wildman–Crippen MR) is 122 cm³/mol. The highest BCUT2D eigenvalue weighted by atomic mass is 16.6. The molecule has 1 fully saturated rings. The number of alkyl carbamates (subject to hydrolysis) is 1. The molecule has 30 heavy (non-hydrogen) atoms. The normalized spacial score (nSPS) is 20.5. The fourth-order valence-corrected chi connectivity index (χ4v) is 4.20.